The minimum Gasteiger partial charge on any atom is -0.343 e. The maximum absolute atomic E-state index is 6.40. The predicted molar refractivity (Wildman–Crippen MR) is 153 cm³/mol. The molecule has 0 unspecified atom stereocenters. The summed E-state index contributed by atoms with van der Waals surface area (Å²) in [5.74, 6) is 0. The first-order valence-electron chi connectivity index (χ1n) is 13.9. The summed E-state index contributed by atoms with van der Waals surface area (Å²) >= 11 is 6.40. The van der Waals surface area contributed by atoms with Crippen molar-refractivity contribution in [2.45, 2.75) is 64.2 Å². The average Bonchev–Trinajstić information content (AvgIpc) is 3.58. The molecule has 194 valence electrons. The molecule has 0 spiro atoms. The Balaban J connectivity index is 1.09. The third-order valence-electron chi connectivity index (χ3n) is 8.59. The van der Waals surface area contributed by atoms with Gasteiger partial charge in [-0.05, 0) is 88.5 Å². The molecule has 0 aliphatic carbocycles. The lowest BCUT2D eigenvalue weighted by molar-refractivity contribution is 0.0672. The van der Waals surface area contributed by atoms with E-state index in [2.05, 4.69) is 81.7 Å². The van der Waals surface area contributed by atoms with E-state index in [1.165, 1.54) is 68.3 Å². The van der Waals surface area contributed by atoms with E-state index in [0.29, 0.717) is 12.1 Å². The van der Waals surface area contributed by atoms with Gasteiger partial charge >= 0.3 is 0 Å². The summed E-state index contributed by atoms with van der Waals surface area (Å²) in [4.78, 5) is 5.37. The highest BCUT2D eigenvalue weighted by atomic mass is 35.5. The highest BCUT2D eigenvalue weighted by Crippen LogP contribution is 2.30. The molecule has 0 saturated carbocycles. The van der Waals surface area contributed by atoms with E-state index < -0.39 is 0 Å². The van der Waals surface area contributed by atoms with Crippen LogP contribution in [-0.4, -0.2) is 62.4 Å². The number of hydrogen-bond acceptors (Lipinski definition) is 3. The van der Waals surface area contributed by atoms with Crippen molar-refractivity contribution in [2.24, 2.45) is 0 Å². The maximum atomic E-state index is 6.40. The van der Waals surface area contributed by atoms with Gasteiger partial charge in [-0.3, -0.25) is 4.68 Å². The van der Waals surface area contributed by atoms with Crippen molar-refractivity contribution in [3.8, 4) is 11.3 Å². The van der Waals surface area contributed by atoms with Crippen LogP contribution in [0.15, 0.2) is 67.0 Å². The van der Waals surface area contributed by atoms with Crippen molar-refractivity contribution < 1.29 is 0 Å². The van der Waals surface area contributed by atoms with E-state index in [1.807, 2.05) is 18.2 Å². The normalized spacial score (nSPS) is 18.8. The molecule has 2 aliphatic heterocycles. The molecule has 2 fully saturated rings. The van der Waals surface area contributed by atoms with Crippen LogP contribution in [0, 0.1) is 0 Å². The predicted octanol–water partition coefficient (Wildman–Crippen LogP) is 6.72. The van der Waals surface area contributed by atoms with Gasteiger partial charge < -0.3 is 14.4 Å². The van der Waals surface area contributed by atoms with Crippen molar-refractivity contribution in [1.82, 2.24) is 24.1 Å². The first-order valence-corrected chi connectivity index (χ1v) is 14.3. The minimum absolute atomic E-state index is 0.501. The zero-order valence-corrected chi connectivity index (χ0v) is 22.8. The number of hydrogen-bond donors (Lipinski definition) is 0. The van der Waals surface area contributed by atoms with Gasteiger partial charge in [-0.2, -0.15) is 5.10 Å². The molecule has 2 aromatic carbocycles. The monoisotopic (exact) mass is 515 g/mol. The summed E-state index contributed by atoms with van der Waals surface area (Å²) in [6.45, 7) is 10.3. The van der Waals surface area contributed by atoms with Crippen molar-refractivity contribution in [2.75, 3.05) is 26.2 Å². The van der Waals surface area contributed by atoms with Crippen LogP contribution < -0.4 is 0 Å². The fraction of sp³-hybridized carbons (Fsp3) is 0.452. The first kappa shape index (κ1) is 24.7. The van der Waals surface area contributed by atoms with Crippen molar-refractivity contribution in [1.29, 1.82) is 0 Å². The molecule has 6 heteroatoms. The summed E-state index contributed by atoms with van der Waals surface area (Å²) in [5, 5.41) is 7.08. The standard InChI is InChI=1S/C31H38ClN5/c1-23(2)34-16-10-27(11-17-34)35-18-12-28(13-19-35)37-20-14-30(33-37)24-7-8-31-25(21-24)9-15-36(31)22-26-5-3-4-6-29(26)32/h3-9,14-15,20-21,23,27-28H,10-13,16-19,22H2,1-2H3. The van der Waals surface area contributed by atoms with E-state index in [0.717, 1.165) is 28.9 Å². The number of piperidine rings is 2. The van der Waals surface area contributed by atoms with Gasteiger partial charge in [0.1, 0.15) is 0 Å². The summed E-state index contributed by atoms with van der Waals surface area (Å²) in [7, 11) is 0. The Morgan fingerprint density at radius 3 is 2.38 bits per heavy atom. The SMILES string of the molecule is CC(C)N1CCC(N2CCC(n3ccc(-c4ccc5c(ccn5Cc5ccccc5Cl)c4)n3)CC2)CC1. The number of likely N-dealkylation sites (tertiary alicyclic amines) is 2. The third-order valence-corrected chi connectivity index (χ3v) is 8.96. The lowest BCUT2D eigenvalue weighted by atomic mass is 9.97. The Kier molecular flexibility index (Phi) is 7.11. The Hall–Kier alpha value is -2.60. The van der Waals surface area contributed by atoms with Gasteiger partial charge in [0.15, 0.2) is 0 Å². The molecule has 0 bridgehead atoms. The van der Waals surface area contributed by atoms with Crippen molar-refractivity contribution in [3.63, 3.8) is 0 Å². The van der Waals surface area contributed by atoms with Gasteiger partial charge in [-0.25, -0.2) is 0 Å². The van der Waals surface area contributed by atoms with E-state index in [4.69, 9.17) is 16.7 Å². The average molecular weight is 516 g/mol. The summed E-state index contributed by atoms with van der Waals surface area (Å²) in [6.07, 6.45) is 9.35. The van der Waals surface area contributed by atoms with Crippen LogP contribution in [0.1, 0.15) is 51.1 Å². The van der Waals surface area contributed by atoms with Crippen molar-refractivity contribution >= 4 is 22.5 Å². The van der Waals surface area contributed by atoms with Crippen LogP contribution >= 0.6 is 11.6 Å². The molecule has 0 amide bonds. The third kappa shape index (κ3) is 5.22. The number of benzene rings is 2. The van der Waals surface area contributed by atoms with Gasteiger partial charge in [-0.15, -0.1) is 0 Å². The molecule has 5 nitrogen and oxygen atoms in total. The van der Waals surface area contributed by atoms with Gasteiger partial charge in [0.05, 0.1) is 11.7 Å². The van der Waals surface area contributed by atoms with Crippen LogP contribution in [0.4, 0.5) is 0 Å². The lowest BCUT2D eigenvalue weighted by Crippen LogP contribution is -2.49. The molecular weight excluding hydrogens is 478 g/mol. The molecule has 2 aliphatic rings. The smallest absolute Gasteiger partial charge is 0.0923 e. The number of fused-ring (bicyclic) bond motifs is 1. The number of aromatic nitrogens is 3. The second-order valence-corrected chi connectivity index (χ2v) is 11.5. The van der Waals surface area contributed by atoms with Crippen LogP contribution in [0.2, 0.25) is 5.02 Å². The first-order chi connectivity index (χ1) is 18.0. The van der Waals surface area contributed by atoms with E-state index in [-0.39, 0.29) is 0 Å². The topological polar surface area (TPSA) is 29.2 Å². The molecule has 0 radical (unpaired) electrons. The minimum atomic E-state index is 0.501. The zero-order chi connectivity index (χ0) is 25.4. The van der Waals surface area contributed by atoms with Gasteiger partial charge in [0.25, 0.3) is 0 Å². The molecule has 4 aromatic rings. The van der Waals surface area contributed by atoms with Gasteiger partial charge in [0.2, 0.25) is 0 Å². The van der Waals surface area contributed by atoms with E-state index >= 15 is 0 Å². The number of nitrogens with zero attached hydrogens (tertiary/aromatic N) is 5. The Morgan fingerprint density at radius 1 is 0.865 bits per heavy atom. The van der Waals surface area contributed by atoms with Gasteiger partial charge in [0, 0.05) is 65.6 Å². The lowest BCUT2D eigenvalue weighted by Gasteiger charge is -2.42. The summed E-state index contributed by atoms with van der Waals surface area (Å²) < 4.78 is 4.49. The molecule has 2 saturated heterocycles. The molecule has 37 heavy (non-hydrogen) atoms. The number of halogens is 1. The van der Waals surface area contributed by atoms with Crippen LogP contribution in [0.3, 0.4) is 0 Å². The second-order valence-electron chi connectivity index (χ2n) is 11.1. The zero-order valence-electron chi connectivity index (χ0n) is 22.1. The molecule has 6 rings (SSSR count). The highest BCUT2D eigenvalue weighted by Gasteiger charge is 2.29. The molecule has 0 atom stereocenters. The van der Waals surface area contributed by atoms with Crippen LogP contribution in [0.5, 0.6) is 0 Å². The largest absolute Gasteiger partial charge is 0.343 e. The van der Waals surface area contributed by atoms with Gasteiger partial charge in [-0.1, -0.05) is 35.9 Å². The number of rotatable bonds is 6. The Bertz CT molecular complexity index is 1340. The quantitative estimate of drug-likeness (QED) is 0.285. The van der Waals surface area contributed by atoms with Crippen LogP contribution in [-0.2, 0) is 6.54 Å². The highest BCUT2D eigenvalue weighted by molar-refractivity contribution is 6.31. The maximum Gasteiger partial charge on any atom is 0.0923 e. The fourth-order valence-electron chi connectivity index (χ4n) is 6.29. The molecular formula is C31H38ClN5. The van der Waals surface area contributed by atoms with Crippen LogP contribution in [0.25, 0.3) is 22.2 Å². The summed E-state index contributed by atoms with van der Waals surface area (Å²) in [6, 6.07) is 21.0. The molecule has 0 N–H and O–H groups in total. The Morgan fingerprint density at radius 2 is 1.62 bits per heavy atom. The van der Waals surface area contributed by atoms with Crippen molar-refractivity contribution in [3.05, 3.63) is 77.6 Å². The summed E-state index contributed by atoms with van der Waals surface area (Å²) in [5.41, 5.74) is 4.59. The van der Waals surface area contributed by atoms with E-state index in [1.54, 1.807) is 0 Å². The fourth-order valence-corrected chi connectivity index (χ4v) is 6.48. The molecule has 4 heterocycles. The molecule has 2 aromatic heterocycles. The Labute approximate surface area is 225 Å². The van der Waals surface area contributed by atoms with E-state index in [9.17, 15) is 0 Å². The second kappa shape index (κ2) is 10.6.